The van der Waals surface area contributed by atoms with Crippen molar-refractivity contribution in [3.63, 3.8) is 0 Å². The maximum Gasteiger partial charge on any atom is 0.135 e. The van der Waals surface area contributed by atoms with Crippen molar-refractivity contribution >= 4 is 17.0 Å². The van der Waals surface area contributed by atoms with Crippen molar-refractivity contribution in [2.45, 2.75) is 13.0 Å². The maximum absolute atomic E-state index is 5.78. The Balaban J connectivity index is 1.85. The quantitative estimate of drug-likeness (QED) is 0.743. The fourth-order valence-corrected chi connectivity index (χ4v) is 3.23. The first-order valence-corrected chi connectivity index (χ1v) is 8.31. The summed E-state index contributed by atoms with van der Waals surface area (Å²) in [7, 11) is 2.12. The van der Waals surface area contributed by atoms with Gasteiger partial charge in [-0.3, -0.25) is 0 Å². The van der Waals surface area contributed by atoms with E-state index in [0.717, 1.165) is 29.9 Å². The Bertz CT molecular complexity index is 705. The van der Waals surface area contributed by atoms with E-state index in [4.69, 9.17) is 10.2 Å². The van der Waals surface area contributed by atoms with E-state index in [0.29, 0.717) is 6.54 Å². The summed E-state index contributed by atoms with van der Waals surface area (Å²) in [6.45, 7) is 1.50. The average molecular weight is 312 g/mol. The van der Waals surface area contributed by atoms with Crippen LogP contribution < -0.4 is 10.6 Å². The number of rotatable bonds is 6. The molecule has 2 aromatic heterocycles. The molecule has 1 aromatic carbocycles. The minimum atomic E-state index is 0.534. The van der Waals surface area contributed by atoms with Crippen LogP contribution in [-0.4, -0.2) is 13.6 Å². The van der Waals surface area contributed by atoms with Crippen LogP contribution in [0.4, 0.5) is 5.69 Å². The number of benzene rings is 1. The molecule has 2 N–H and O–H groups in total. The molecule has 0 amide bonds. The topological polar surface area (TPSA) is 42.4 Å². The second kappa shape index (κ2) is 6.81. The highest BCUT2D eigenvalue weighted by Gasteiger charge is 2.12. The number of likely N-dealkylation sites (N-methyl/N-ethyl adjacent to an activating group) is 1. The zero-order chi connectivity index (χ0) is 15.4. The highest BCUT2D eigenvalue weighted by atomic mass is 32.1. The van der Waals surface area contributed by atoms with E-state index in [1.807, 2.05) is 12.1 Å². The number of hydrogen-bond donors (Lipinski definition) is 1. The molecule has 0 aliphatic heterocycles. The molecule has 3 nitrogen and oxygen atoms in total. The van der Waals surface area contributed by atoms with Gasteiger partial charge in [0.25, 0.3) is 0 Å². The molecule has 114 valence electrons. The summed E-state index contributed by atoms with van der Waals surface area (Å²) in [5.41, 5.74) is 10.5. The standard InChI is InChI=1S/C18H20N2OS/c1-20(8-6-14-7-10-22-13-14)17-5-4-15(12-19)11-16(17)18-3-2-9-21-18/h2-5,7,9-11,13H,6,8,12,19H2,1H3. The van der Waals surface area contributed by atoms with Crippen LogP contribution in [-0.2, 0) is 13.0 Å². The van der Waals surface area contributed by atoms with Crippen molar-refractivity contribution in [3.8, 4) is 11.3 Å². The Morgan fingerprint density at radius 2 is 2.09 bits per heavy atom. The third-order valence-electron chi connectivity index (χ3n) is 3.81. The lowest BCUT2D eigenvalue weighted by Gasteiger charge is -2.22. The van der Waals surface area contributed by atoms with E-state index in [2.05, 4.69) is 47.0 Å². The lowest BCUT2D eigenvalue weighted by atomic mass is 10.0. The van der Waals surface area contributed by atoms with Crippen LogP contribution in [0.3, 0.4) is 0 Å². The van der Waals surface area contributed by atoms with Gasteiger partial charge in [0.2, 0.25) is 0 Å². The van der Waals surface area contributed by atoms with Gasteiger partial charge in [0.05, 0.1) is 6.26 Å². The summed E-state index contributed by atoms with van der Waals surface area (Å²) in [6, 6.07) is 12.4. The fourth-order valence-electron chi connectivity index (χ4n) is 2.52. The molecular weight excluding hydrogens is 292 g/mol. The monoisotopic (exact) mass is 312 g/mol. The molecule has 22 heavy (non-hydrogen) atoms. The molecule has 0 radical (unpaired) electrons. The highest BCUT2D eigenvalue weighted by molar-refractivity contribution is 7.07. The van der Waals surface area contributed by atoms with Crippen molar-refractivity contribution in [3.05, 3.63) is 64.5 Å². The first-order valence-electron chi connectivity index (χ1n) is 7.37. The first kappa shape index (κ1) is 14.9. The number of hydrogen-bond acceptors (Lipinski definition) is 4. The van der Waals surface area contributed by atoms with Gasteiger partial charge < -0.3 is 15.1 Å². The third kappa shape index (κ3) is 3.24. The molecule has 0 bridgehead atoms. The molecule has 0 aliphatic rings. The summed E-state index contributed by atoms with van der Waals surface area (Å²) in [5.74, 6) is 0.882. The molecule has 0 spiro atoms. The van der Waals surface area contributed by atoms with Crippen molar-refractivity contribution in [2.24, 2.45) is 5.73 Å². The van der Waals surface area contributed by atoms with Crippen molar-refractivity contribution in [1.82, 2.24) is 0 Å². The summed E-state index contributed by atoms with van der Waals surface area (Å²) in [5, 5.41) is 4.33. The number of anilines is 1. The molecule has 0 aliphatic carbocycles. The lowest BCUT2D eigenvalue weighted by molar-refractivity contribution is 0.582. The zero-order valence-electron chi connectivity index (χ0n) is 12.7. The summed E-state index contributed by atoms with van der Waals surface area (Å²) in [6.07, 6.45) is 2.75. The van der Waals surface area contributed by atoms with Crippen LogP contribution in [0.5, 0.6) is 0 Å². The van der Waals surface area contributed by atoms with Crippen LogP contribution in [0.15, 0.2) is 57.8 Å². The minimum Gasteiger partial charge on any atom is -0.464 e. The van der Waals surface area contributed by atoms with E-state index >= 15 is 0 Å². The van der Waals surface area contributed by atoms with Gasteiger partial charge in [-0.1, -0.05) is 6.07 Å². The number of nitrogens with zero attached hydrogens (tertiary/aromatic N) is 1. The number of thiophene rings is 1. The maximum atomic E-state index is 5.78. The molecule has 0 atom stereocenters. The van der Waals surface area contributed by atoms with Crippen LogP contribution in [0, 0.1) is 0 Å². The molecule has 3 aromatic rings. The van der Waals surface area contributed by atoms with Gasteiger partial charge in [-0.15, -0.1) is 0 Å². The largest absolute Gasteiger partial charge is 0.464 e. The van der Waals surface area contributed by atoms with Gasteiger partial charge >= 0.3 is 0 Å². The summed E-state index contributed by atoms with van der Waals surface area (Å²) in [4.78, 5) is 2.27. The van der Waals surface area contributed by atoms with Crippen LogP contribution in [0.2, 0.25) is 0 Å². The van der Waals surface area contributed by atoms with Gasteiger partial charge in [-0.2, -0.15) is 11.3 Å². The van der Waals surface area contributed by atoms with Gasteiger partial charge in [-0.25, -0.2) is 0 Å². The van der Waals surface area contributed by atoms with Crippen LogP contribution in [0.25, 0.3) is 11.3 Å². The molecular formula is C18H20N2OS. The average Bonchev–Trinajstić information content (AvgIpc) is 3.25. The summed E-state index contributed by atoms with van der Waals surface area (Å²) < 4.78 is 5.59. The van der Waals surface area contributed by atoms with Crippen LogP contribution in [0.1, 0.15) is 11.1 Å². The first-order chi connectivity index (χ1) is 10.8. The second-order valence-corrected chi connectivity index (χ2v) is 6.12. The minimum absolute atomic E-state index is 0.534. The van der Waals surface area contributed by atoms with Crippen molar-refractivity contribution in [2.75, 3.05) is 18.5 Å². The zero-order valence-corrected chi connectivity index (χ0v) is 13.5. The highest BCUT2D eigenvalue weighted by Crippen LogP contribution is 2.32. The van der Waals surface area contributed by atoms with Crippen LogP contribution >= 0.6 is 11.3 Å². The Kier molecular flexibility index (Phi) is 4.61. The lowest BCUT2D eigenvalue weighted by Crippen LogP contribution is -2.21. The predicted octanol–water partition coefficient (Wildman–Crippen LogP) is 4.15. The molecule has 0 unspecified atom stereocenters. The summed E-state index contributed by atoms with van der Waals surface area (Å²) >= 11 is 1.75. The molecule has 3 rings (SSSR count). The fraction of sp³-hybridized carbons (Fsp3) is 0.222. The normalized spacial score (nSPS) is 10.8. The van der Waals surface area contributed by atoms with Gasteiger partial charge in [0.15, 0.2) is 0 Å². The van der Waals surface area contributed by atoms with E-state index in [9.17, 15) is 0 Å². The molecule has 0 saturated carbocycles. The van der Waals surface area contributed by atoms with E-state index in [1.54, 1.807) is 17.6 Å². The number of furan rings is 1. The van der Waals surface area contributed by atoms with E-state index in [1.165, 1.54) is 11.3 Å². The smallest absolute Gasteiger partial charge is 0.135 e. The van der Waals surface area contributed by atoms with Gasteiger partial charge in [-0.05, 0) is 58.6 Å². The molecule has 2 heterocycles. The van der Waals surface area contributed by atoms with Gasteiger partial charge in [0, 0.05) is 31.4 Å². The third-order valence-corrected chi connectivity index (χ3v) is 4.54. The van der Waals surface area contributed by atoms with Crippen molar-refractivity contribution < 1.29 is 4.42 Å². The number of nitrogens with two attached hydrogens (primary N) is 1. The molecule has 4 heteroatoms. The second-order valence-electron chi connectivity index (χ2n) is 5.34. The Morgan fingerprint density at radius 1 is 1.18 bits per heavy atom. The van der Waals surface area contributed by atoms with E-state index in [-0.39, 0.29) is 0 Å². The van der Waals surface area contributed by atoms with Gasteiger partial charge in [0.1, 0.15) is 5.76 Å². The van der Waals surface area contributed by atoms with Crippen molar-refractivity contribution in [1.29, 1.82) is 0 Å². The SMILES string of the molecule is CN(CCc1ccsc1)c1ccc(CN)cc1-c1ccco1. The Morgan fingerprint density at radius 3 is 2.77 bits per heavy atom. The molecule has 0 saturated heterocycles. The molecule has 0 fully saturated rings. The predicted molar refractivity (Wildman–Crippen MR) is 93.3 cm³/mol. The Labute approximate surface area is 135 Å². The Hall–Kier alpha value is -2.04. The van der Waals surface area contributed by atoms with E-state index < -0.39 is 0 Å².